The molecule has 3 N–H and O–H groups in total. The maximum Gasteiger partial charge on any atom is 0.311 e. The molecule has 0 aliphatic carbocycles. The number of nitrogens with zero attached hydrogens (tertiary/aromatic N) is 3. The first-order valence-corrected chi connectivity index (χ1v) is 8.22. The van der Waals surface area contributed by atoms with Crippen molar-refractivity contribution >= 4 is 23.5 Å². The highest BCUT2D eigenvalue weighted by atomic mass is 19.1. The van der Waals surface area contributed by atoms with Crippen molar-refractivity contribution in [2.24, 2.45) is 16.1 Å². The van der Waals surface area contributed by atoms with Gasteiger partial charge in [0.2, 0.25) is 5.91 Å². The number of oxazole rings is 1. The molecule has 3 rings (SSSR count). The third-order valence-corrected chi connectivity index (χ3v) is 5.11. The average Bonchev–Trinajstić information content (AvgIpc) is 3.15. The molecule has 8 nitrogen and oxygen atoms in total. The summed E-state index contributed by atoms with van der Waals surface area (Å²) in [4.78, 5) is 34.3. The van der Waals surface area contributed by atoms with Crippen LogP contribution < -0.4 is 11.1 Å². The Labute approximate surface area is 155 Å². The minimum absolute atomic E-state index is 0.00421. The fourth-order valence-corrected chi connectivity index (χ4v) is 3.07. The van der Waals surface area contributed by atoms with Crippen molar-refractivity contribution in [3.8, 4) is 0 Å². The third-order valence-electron chi connectivity index (χ3n) is 5.11. The van der Waals surface area contributed by atoms with Crippen molar-refractivity contribution in [3.63, 3.8) is 0 Å². The number of amides is 2. The number of aromatic nitrogens is 1. The van der Waals surface area contributed by atoms with Crippen molar-refractivity contribution in [2.45, 2.75) is 26.3 Å². The van der Waals surface area contributed by atoms with Gasteiger partial charge in [-0.1, -0.05) is 0 Å². The zero-order valence-corrected chi connectivity index (χ0v) is 15.4. The lowest BCUT2D eigenvalue weighted by Crippen LogP contribution is -2.58. The molecule has 0 saturated heterocycles. The van der Waals surface area contributed by atoms with Gasteiger partial charge in [-0.15, -0.1) is 0 Å². The maximum atomic E-state index is 14.7. The molecule has 1 unspecified atom stereocenters. The van der Waals surface area contributed by atoms with Crippen LogP contribution >= 0.6 is 0 Å². The van der Waals surface area contributed by atoms with Gasteiger partial charge in [-0.2, -0.15) is 0 Å². The number of hydrogen-bond acceptors (Lipinski definition) is 6. The molecule has 2 aromatic rings. The van der Waals surface area contributed by atoms with Crippen LogP contribution in [0, 0.1) is 11.2 Å². The molecule has 9 heteroatoms. The Kier molecular flexibility index (Phi) is 4.25. The molecule has 0 radical (unpaired) electrons. The van der Waals surface area contributed by atoms with E-state index in [9.17, 15) is 14.0 Å². The monoisotopic (exact) mass is 373 g/mol. The van der Waals surface area contributed by atoms with Gasteiger partial charge >= 0.3 is 5.91 Å². The predicted molar refractivity (Wildman–Crippen MR) is 96.4 cm³/mol. The summed E-state index contributed by atoms with van der Waals surface area (Å²) >= 11 is 0. The normalized spacial score (nSPS) is 21.7. The van der Waals surface area contributed by atoms with Crippen molar-refractivity contribution in [1.82, 2.24) is 9.88 Å². The molecule has 1 aromatic heterocycles. The summed E-state index contributed by atoms with van der Waals surface area (Å²) in [6.07, 6.45) is 2.62. The Morgan fingerprint density at radius 3 is 2.67 bits per heavy atom. The van der Waals surface area contributed by atoms with Crippen LogP contribution in [-0.2, 0) is 10.3 Å². The molecule has 142 valence electrons. The fraction of sp³-hybridized carbons (Fsp3) is 0.333. The van der Waals surface area contributed by atoms with Gasteiger partial charge in [0.1, 0.15) is 17.6 Å². The maximum absolute atomic E-state index is 14.7. The quantitative estimate of drug-likeness (QED) is 0.855. The van der Waals surface area contributed by atoms with Crippen molar-refractivity contribution in [3.05, 3.63) is 47.9 Å². The first-order valence-electron chi connectivity index (χ1n) is 8.22. The molecule has 2 amide bonds. The van der Waals surface area contributed by atoms with E-state index in [1.165, 1.54) is 42.6 Å². The molecular weight excluding hydrogens is 353 g/mol. The van der Waals surface area contributed by atoms with E-state index in [1.807, 2.05) is 0 Å². The van der Waals surface area contributed by atoms with Crippen molar-refractivity contribution in [1.29, 1.82) is 0 Å². The molecule has 1 atom stereocenters. The predicted octanol–water partition coefficient (Wildman–Crippen LogP) is 2.09. The van der Waals surface area contributed by atoms with Gasteiger partial charge in [-0.25, -0.2) is 14.4 Å². The number of nitrogens with two attached hydrogens (primary N) is 1. The van der Waals surface area contributed by atoms with Crippen molar-refractivity contribution < 1.29 is 18.4 Å². The molecule has 0 spiro atoms. The lowest BCUT2D eigenvalue weighted by molar-refractivity contribution is -0.140. The lowest BCUT2D eigenvalue weighted by Gasteiger charge is -2.46. The number of benzene rings is 1. The Hall–Kier alpha value is -3.23. The molecule has 0 saturated carbocycles. The molecular formula is C18H20FN5O3. The second kappa shape index (κ2) is 6.19. The van der Waals surface area contributed by atoms with Gasteiger partial charge in [0, 0.05) is 18.3 Å². The highest BCUT2D eigenvalue weighted by Gasteiger charge is 2.53. The Bertz CT molecular complexity index is 938. The second-order valence-corrected chi connectivity index (χ2v) is 7.02. The third kappa shape index (κ3) is 2.84. The smallest absolute Gasteiger partial charge is 0.311 e. The van der Waals surface area contributed by atoms with E-state index in [-0.39, 0.29) is 23.3 Å². The number of halogens is 1. The lowest BCUT2D eigenvalue weighted by atomic mass is 9.67. The number of aliphatic imine (C=N–C) groups is 1. The molecule has 0 bridgehead atoms. The number of carbonyl (C=O) groups excluding carboxylic acids is 2. The summed E-state index contributed by atoms with van der Waals surface area (Å²) in [7, 11) is 1.52. The largest absolute Gasteiger partial charge is 0.441 e. The minimum atomic E-state index is -1.27. The number of carbonyl (C=O) groups is 2. The van der Waals surface area contributed by atoms with E-state index in [4.69, 9.17) is 10.2 Å². The summed E-state index contributed by atoms with van der Waals surface area (Å²) in [6, 6.07) is 4.05. The minimum Gasteiger partial charge on any atom is -0.441 e. The van der Waals surface area contributed by atoms with Crippen LogP contribution in [-0.4, -0.2) is 34.7 Å². The number of anilines is 1. The number of nitrogens with one attached hydrogen (secondary N) is 1. The number of hydrogen-bond donors (Lipinski definition) is 2. The Morgan fingerprint density at radius 2 is 2.04 bits per heavy atom. The Morgan fingerprint density at radius 1 is 1.33 bits per heavy atom. The van der Waals surface area contributed by atoms with Crippen LogP contribution in [0.15, 0.2) is 40.1 Å². The highest BCUT2D eigenvalue weighted by molar-refractivity contribution is 6.02. The summed E-state index contributed by atoms with van der Waals surface area (Å²) < 4.78 is 19.7. The van der Waals surface area contributed by atoms with Crippen LogP contribution in [0.25, 0.3) is 0 Å². The number of guanidine groups is 1. The van der Waals surface area contributed by atoms with Crippen LogP contribution in [0.2, 0.25) is 0 Å². The molecule has 1 aliphatic rings. The summed E-state index contributed by atoms with van der Waals surface area (Å²) in [5, 5.41) is 2.59. The van der Waals surface area contributed by atoms with Crippen LogP contribution in [0.5, 0.6) is 0 Å². The molecule has 1 aliphatic heterocycles. The van der Waals surface area contributed by atoms with E-state index in [0.29, 0.717) is 5.69 Å². The van der Waals surface area contributed by atoms with E-state index < -0.39 is 22.7 Å². The SMILES string of the molecule is CN1C(=O)C(C)(C)C(C)(c2cc(NC(=O)c3ncco3)ccc2F)N=C1N. The topological polar surface area (TPSA) is 114 Å². The van der Waals surface area contributed by atoms with E-state index in [0.717, 1.165) is 0 Å². The van der Waals surface area contributed by atoms with Gasteiger partial charge in [-0.05, 0) is 39.0 Å². The van der Waals surface area contributed by atoms with Crippen LogP contribution in [0.4, 0.5) is 10.1 Å². The molecule has 2 heterocycles. The highest BCUT2D eigenvalue weighted by Crippen LogP contribution is 2.47. The molecule has 27 heavy (non-hydrogen) atoms. The van der Waals surface area contributed by atoms with Crippen LogP contribution in [0.3, 0.4) is 0 Å². The summed E-state index contributed by atoms with van der Waals surface area (Å²) in [5.74, 6) is -1.55. The van der Waals surface area contributed by atoms with Crippen LogP contribution in [0.1, 0.15) is 37.0 Å². The van der Waals surface area contributed by atoms with E-state index >= 15 is 0 Å². The second-order valence-electron chi connectivity index (χ2n) is 7.02. The molecule has 1 aromatic carbocycles. The number of rotatable bonds is 3. The molecule has 0 fully saturated rings. The zero-order valence-electron chi connectivity index (χ0n) is 15.4. The summed E-state index contributed by atoms with van der Waals surface area (Å²) in [5.41, 5.74) is 3.99. The fourth-order valence-electron chi connectivity index (χ4n) is 3.07. The first-order chi connectivity index (χ1) is 12.6. The van der Waals surface area contributed by atoms with Gasteiger partial charge < -0.3 is 15.5 Å². The van der Waals surface area contributed by atoms with Gasteiger partial charge in [0.05, 0.1) is 11.6 Å². The standard InChI is InChI=1S/C18H20FN5O3/c1-17(2)15(26)24(4)16(20)23-18(17,3)11-9-10(5-6-12(11)19)22-13(25)14-21-7-8-27-14/h5-9H,1-4H3,(H2,20,23)(H,22,25). The van der Waals surface area contributed by atoms with E-state index in [2.05, 4.69) is 15.3 Å². The average molecular weight is 373 g/mol. The van der Waals surface area contributed by atoms with E-state index in [1.54, 1.807) is 20.8 Å². The van der Waals surface area contributed by atoms with Gasteiger partial charge in [0.25, 0.3) is 5.89 Å². The first kappa shape index (κ1) is 18.6. The Balaban J connectivity index is 2.06. The van der Waals surface area contributed by atoms with Gasteiger partial charge in [-0.3, -0.25) is 14.5 Å². The zero-order chi connectivity index (χ0) is 20.0. The summed E-state index contributed by atoms with van der Waals surface area (Å²) in [6.45, 7) is 5.00. The van der Waals surface area contributed by atoms with Gasteiger partial charge in [0.15, 0.2) is 5.96 Å². The van der Waals surface area contributed by atoms with Crippen molar-refractivity contribution in [2.75, 3.05) is 12.4 Å².